The van der Waals surface area contributed by atoms with Crippen LogP contribution in [0.4, 0.5) is 0 Å². The number of hydrogen-bond acceptors (Lipinski definition) is 2. The van der Waals surface area contributed by atoms with Crippen LogP contribution >= 0.6 is 0 Å². The van der Waals surface area contributed by atoms with Gasteiger partial charge in [0.15, 0.2) is 0 Å². The van der Waals surface area contributed by atoms with E-state index in [0.717, 1.165) is 0 Å². The van der Waals surface area contributed by atoms with Crippen molar-refractivity contribution < 1.29 is 4.74 Å². The topological polar surface area (TPSA) is 40.2 Å². The maximum Gasteiger partial charge on any atom is 0.0656 e. The minimum atomic E-state index is -0.00935. The molecule has 74 valence electrons. The third-order valence-electron chi connectivity index (χ3n) is 2.56. The molecule has 0 fully saturated rings. The van der Waals surface area contributed by atoms with Gasteiger partial charge in [-0.25, -0.2) is 0 Å². The molecule has 1 atom stereocenters. The van der Waals surface area contributed by atoms with Crippen molar-refractivity contribution in [2.75, 3.05) is 13.7 Å². The first-order valence-electron chi connectivity index (χ1n) is 4.45. The standard InChI is InChI=1S/C10H18N2O/c1-7-5-9(8(2)12(7)3)10(11)6-13-4/h5,10H,6,11H2,1-4H3. The molecule has 0 radical (unpaired) electrons. The third-order valence-corrected chi connectivity index (χ3v) is 2.56. The van der Waals surface area contributed by atoms with E-state index in [-0.39, 0.29) is 6.04 Å². The molecule has 0 saturated carbocycles. The van der Waals surface area contributed by atoms with Gasteiger partial charge in [0.2, 0.25) is 0 Å². The van der Waals surface area contributed by atoms with Gasteiger partial charge < -0.3 is 15.0 Å². The fourth-order valence-corrected chi connectivity index (χ4v) is 1.53. The monoisotopic (exact) mass is 182 g/mol. The lowest BCUT2D eigenvalue weighted by Gasteiger charge is -2.10. The Morgan fingerprint density at radius 2 is 2.15 bits per heavy atom. The van der Waals surface area contributed by atoms with Crippen LogP contribution in [0.5, 0.6) is 0 Å². The molecule has 1 aromatic rings. The first kappa shape index (κ1) is 10.3. The maximum atomic E-state index is 5.95. The average Bonchev–Trinajstić information content (AvgIpc) is 2.33. The lowest BCUT2D eigenvalue weighted by Crippen LogP contribution is -2.16. The average molecular weight is 182 g/mol. The van der Waals surface area contributed by atoms with Gasteiger partial charge in [0.05, 0.1) is 12.6 Å². The predicted molar refractivity (Wildman–Crippen MR) is 53.7 cm³/mol. The van der Waals surface area contributed by atoms with Crippen LogP contribution in [0.1, 0.15) is 23.0 Å². The van der Waals surface area contributed by atoms with E-state index in [1.165, 1.54) is 17.0 Å². The highest BCUT2D eigenvalue weighted by Crippen LogP contribution is 2.19. The second-order valence-corrected chi connectivity index (χ2v) is 3.45. The molecule has 13 heavy (non-hydrogen) atoms. The zero-order valence-corrected chi connectivity index (χ0v) is 8.79. The summed E-state index contributed by atoms with van der Waals surface area (Å²) in [5.41, 5.74) is 9.59. The lowest BCUT2D eigenvalue weighted by molar-refractivity contribution is 0.180. The van der Waals surface area contributed by atoms with Gasteiger partial charge in [-0.15, -0.1) is 0 Å². The smallest absolute Gasteiger partial charge is 0.0656 e. The van der Waals surface area contributed by atoms with Gasteiger partial charge in [0, 0.05) is 25.5 Å². The fraction of sp³-hybridized carbons (Fsp3) is 0.600. The largest absolute Gasteiger partial charge is 0.383 e. The van der Waals surface area contributed by atoms with E-state index in [9.17, 15) is 0 Å². The molecule has 0 spiro atoms. The van der Waals surface area contributed by atoms with Gasteiger partial charge in [0.25, 0.3) is 0 Å². The molecule has 3 nitrogen and oxygen atoms in total. The van der Waals surface area contributed by atoms with E-state index in [1.54, 1.807) is 7.11 Å². The highest BCUT2D eigenvalue weighted by Gasteiger charge is 2.12. The molecule has 1 heterocycles. The Bertz CT molecular complexity index is 291. The minimum absolute atomic E-state index is 0.00935. The van der Waals surface area contributed by atoms with Crippen LogP contribution in [-0.2, 0) is 11.8 Å². The number of aromatic nitrogens is 1. The molecule has 0 aliphatic heterocycles. The molecule has 1 rings (SSSR count). The number of nitrogens with two attached hydrogens (primary N) is 1. The zero-order chi connectivity index (χ0) is 10.0. The molecule has 0 bridgehead atoms. The highest BCUT2D eigenvalue weighted by atomic mass is 16.5. The summed E-state index contributed by atoms with van der Waals surface area (Å²) in [5.74, 6) is 0. The molecule has 3 heteroatoms. The summed E-state index contributed by atoms with van der Waals surface area (Å²) in [7, 11) is 3.72. The summed E-state index contributed by atoms with van der Waals surface area (Å²) in [6, 6.07) is 2.11. The SMILES string of the molecule is COCC(N)c1cc(C)n(C)c1C. The fourth-order valence-electron chi connectivity index (χ4n) is 1.53. The Labute approximate surface area is 79.5 Å². The Hall–Kier alpha value is -0.800. The predicted octanol–water partition coefficient (Wildman–Crippen LogP) is 1.29. The van der Waals surface area contributed by atoms with Crippen molar-refractivity contribution >= 4 is 0 Å². The van der Waals surface area contributed by atoms with Crippen molar-refractivity contribution in [3.63, 3.8) is 0 Å². The molecular weight excluding hydrogens is 164 g/mol. The van der Waals surface area contributed by atoms with Gasteiger partial charge in [-0.2, -0.15) is 0 Å². The van der Waals surface area contributed by atoms with Crippen LogP contribution in [0.25, 0.3) is 0 Å². The van der Waals surface area contributed by atoms with Crippen LogP contribution in [0.15, 0.2) is 6.07 Å². The molecule has 0 aromatic carbocycles. The molecule has 0 saturated heterocycles. The first-order valence-corrected chi connectivity index (χ1v) is 4.45. The molecule has 0 aliphatic rings. The van der Waals surface area contributed by atoms with E-state index in [1.807, 2.05) is 7.05 Å². The van der Waals surface area contributed by atoms with Crippen LogP contribution in [0.2, 0.25) is 0 Å². The van der Waals surface area contributed by atoms with Crippen LogP contribution < -0.4 is 5.73 Å². The summed E-state index contributed by atoms with van der Waals surface area (Å²) in [6.45, 7) is 4.73. The molecule has 1 unspecified atom stereocenters. The maximum absolute atomic E-state index is 5.95. The van der Waals surface area contributed by atoms with E-state index in [0.29, 0.717) is 6.61 Å². The van der Waals surface area contributed by atoms with Crippen molar-refractivity contribution in [2.45, 2.75) is 19.9 Å². The molecule has 0 aliphatic carbocycles. The van der Waals surface area contributed by atoms with E-state index >= 15 is 0 Å². The summed E-state index contributed by atoms with van der Waals surface area (Å²) >= 11 is 0. The number of aryl methyl sites for hydroxylation is 1. The van der Waals surface area contributed by atoms with Crippen molar-refractivity contribution in [1.82, 2.24) is 4.57 Å². The van der Waals surface area contributed by atoms with Crippen molar-refractivity contribution in [3.8, 4) is 0 Å². The Kier molecular flexibility index (Phi) is 3.12. The highest BCUT2D eigenvalue weighted by molar-refractivity contribution is 5.29. The lowest BCUT2D eigenvalue weighted by atomic mass is 10.1. The molecular formula is C10H18N2O. The summed E-state index contributed by atoms with van der Waals surface area (Å²) in [4.78, 5) is 0. The summed E-state index contributed by atoms with van der Waals surface area (Å²) in [6.07, 6.45) is 0. The Morgan fingerprint density at radius 3 is 2.54 bits per heavy atom. The van der Waals surface area contributed by atoms with Crippen LogP contribution in [0, 0.1) is 13.8 Å². The number of hydrogen-bond donors (Lipinski definition) is 1. The van der Waals surface area contributed by atoms with Crippen LogP contribution in [-0.4, -0.2) is 18.3 Å². The Balaban J connectivity index is 2.94. The number of ether oxygens (including phenoxy) is 1. The summed E-state index contributed by atoms with van der Waals surface area (Å²) < 4.78 is 7.17. The molecule has 0 amide bonds. The minimum Gasteiger partial charge on any atom is -0.383 e. The second kappa shape index (κ2) is 3.94. The number of rotatable bonds is 3. The quantitative estimate of drug-likeness (QED) is 0.765. The van der Waals surface area contributed by atoms with Crippen LogP contribution in [0.3, 0.4) is 0 Å². The van der Waals surface area contributed by atoms with E-state index < -0.39 is 0 Å². The number of methoxy groups -OCH3 is 1. The summed E-state index contributed by atoms with van der Waals surface area (Å²) in [5, 5.41) is 0. The van der Waals surface area contributed by atoms with Crippen molar-refractivity contribution in [3.05, 3.63) is 23.0 Å². The van der Waals surface area contributed by atoms with Gasteiger partial charge >= 0.3 is 0 Å². The van der Waals surface area contributed by atoms with Crippen molar-refractivity contribution in [1.29, 1.82) is 0 Å². The van der Waals surface area contributed by atoms with Gasteiger partial charge in [0.1, 0.15) is 0 Å². The normalized spacial score (nSPS) is 13.3. The molecule has 1 aromatic heterocycles. The van der Waals surface area contributed by atoms with Gasteiger partial charge in [-0.05, 0) is 25.5 Å². The van der Waals surface area contributed by atoms with Gasteiger partial charge in [-0.3, -0.25) is 0 Å². The Morgan fingerprint density at radius 1 is 1.54 bits per heavy atom. The second-order valence-electron chi connectivity index (χ2n) is 3.45. The number of nitrogens with zero attached hydrogens (tertiary/aromatic N) is 1. The van der Waals surface area contributed by atoms with E-state index in [2.05, 4.69) is 24.5 Å². The van der Waals surface area contributed by atoms with E-state index in [4.69, 9.17) is 10.5 Å². The zero-order valence-electron chi connectivity index (χ0n) is 8.79. The first-order chi connectivity index (χ1) is 6.07. The molecule has 2 N–H and O–H groups in total. The van der Waals surface area contributed by atoms with Gasteiger partial charge in [-0.1, -0.05) is 0 Å². The van der Waals surface area contributed by atoms with Crippen molar-refractivity contribution in [2.24, 2.45) is 12.8 Å². The third kappa shape index (κ3) is 1.92.